The quantitative estimate of drug-likeness (QED) is 0.754. The average Bonchev–Trinajstić information content (AvgIpc) is 2.29. The summed E-state index contributed by atoms with van der Waals surface area (Å²) >= 11 is 5.68. The Balaban J connectivity index is 3.05. The summed E-state index contributed by atoms with van der Waals surface area (Å²) in [5.74, 6) is -1.79. The van der Waals surface area contributed by atoms with E-state index in [4.69, 9.17) is 16.9 Å². The maximum Gasteiger partial charge on any atom is 0.181 e. The lowest BCUT2D eigenvalue weighted by atomic mass is 9.95. The molecule has 0 fully saturated rings. The molecule has 0 aromatic heterocycles. The number of nitrogens with zero attached hydrogens (tertiary/aromatic N) is 1. The van der Waals surface area contributed by atoms with Crippen LogP contribution in [0.25, 0.3) is 0 Å². The highest BCUT2D eigenvalue weighted by molar-refractivity contribution is 6.34. The van der Waals surface area contributed by atoms with Gasteiger partial charge in [0.15, 0.2) is 5.78 Å². The summed E-state index contributed by atoms with van der Waals surface area (Å²) in [6.45, 7) is 1.88. The predicted molar refractivity (Wildman–Crippen MR) is 59.8 cm³/mol. The van der Waals surface area contributed by atoms with Crippen molar-refractivity contribution in [1.29, 1.82) is 5.26 Å². The normalized spacial score (nSPS) is 11.9. The zero-order chi connectivity index (χ0) is 12.1. The maximum absolute atomic E-state index is 13.1. The van der Waals surface area contributed by atoms with Crippen molar-refractivity contribution in [1.82, 2.24) is 0 Å². The van der Waals surface area contributed by atoms with Crippen molar-refractivity contribution in [2.75, 3.05) is 0 Å². The molecular weight excluding hydrogens is 229 g/mol. The Morgan fingerprint density at radius 1 is 1.62 bits per heavy atom. The zero-order valence-corrected chi connectivity index (χ0v) is 9.59. The topological polar surface area (TPSA) is 40.9 Å². The van der Waals surface area contributed by atoms with Crippen molar-refractivity contribution >= 4 is 17.4 Å². The Hall–Kier alpha value is -1.40. The monoisotopic (exact) mass is 239 g/mol. The van der Waals surface area contributed by atoms with Crippen LogP contribution < -0.4 is 0 Å². The minimum Gasteiger partial charge on any atom is -0.293 e. The summed E-state index contributed by atoms with van der Waals surface area (Å²) < 4.78 is 13.1. The van der Waals surface area contributed by atoms with Gasteiger partial charge in [0, 0.05) is 5.56 Å². The molecule has 1 unspecified atom stereocenters. The number of carbonyl (C=O) groups excluding carboxylic acids is 1. The Kier molecular flexibility index (Phi) is 4.45. The second-order valence-corrected chi connectivity index (χ2v) is 3.81. The third-order valence-electron chi connectivity index (χ3n) is 2.27. The van der Waals surface area contributed by atoms with Crippen LogP contribution in [0.15, 0.2) is 18.2 Å². The standard InChI is InChI=1S/C12H11ClFNO/c1-2-4-8(7-15)12(16)9-5-3-6-10(14)11(9)13/h3,5-6,8H,2,4H2,1H3. The van der Waals surface area contributed by atoms with Gasteiger partial charge in [-0.05, 0) is 18.6 Å². The second-order valence-electron chi connectivity index (χ2n) is 3.44. The number of nitriles is 1. The van der Waals surface area contributed by atoms with Gasteiger partial charge in [-0.15, -0.1) is 0 Å². The number of benzene rings is 1. The number of rotatable bonds is 4. The predicted octanol–water partition coefficient (Wildman–Crippen LogP) is 3.60. The van der Waals surface area contributed by atoms with Gasteiger partial charge in [0.1, 0.15) is 11.7 Å². The van der Waals surface area contributed by atoms with Gasteiger partial charge >= 0.3 is 0 Å². The minimum absolute atomic E-state index is 0.0849. The van der Waals surface area contributed by atoms with Crippen molar-refractivity contribution in [2.45, 2.75) is 19.8 Å². The van der Waals surface area contributed by atoms with Crippen LogP contribution in [0, 0.1) is 23.1 Å². The molecule has 0 spiro atoms. The van der Waals surface area contributed by atoms with Gasteiger partial charge in [-0.3, -0.25) is 4.79 Å². The summed E-state index contributed by atoms with van der Waals surface area (Å²) in [7, 11) is 0. The highest BCUT2D eigenvalue weighted by Gasteiger charge is 2.22. The minimum atomic E-state index is -0.746. The number of carbonyl (C=O) groups is 1. The summed E-state index contributed by atoms with van der Waals surface area (Å²) in [6, 6.07) is 5.95. The van der Waals surface area contributed by atoms with Crippen LogP contribution in [-0.2, 0) is 0 Å². The fourth-order valence-corrected chi connectivity index (χ4v) is 1.64. The highest BCUT2D eigenvalue weighted by atomic mass is 35.5. The van der Waals surface area contributed by atoms with E-state index < -0.39 is 17.5 Å². The van der Waals surface area contributed by atoms with Crippen LogP contribution in [0.5, 0.6) is 0 Å². The molecule has 0 N–H and O–H groups in total. The van der Waals surface area contributed by atoms with E-state index in [1.807, 2.05) is 13.0 Å². The van der Waals surface area contributed by atoms with E-state index in [-0.39, 0.29) is 10.6 Å². The van der Waals surface area contributed by atoms with E-state index in [0.717, 1.165) is 6.42 Å². The molecule has 0 heterocycles. The molecule has 84 valence electrons. The molecule has 0 bridgehead atoms. The van der Waals surface area contributed by atoms with E-state index >= 15 is 0 Å². The first kappa shape index (κ1) is 12.7. The molecule has 16 heavy (non-hydrogen) atoms. The van der Waals surface area contributed by atoms with Crippen molar-refractivity contribution in [3.63, 3.8) is 0 Å². The number of halogens is 2. The Labute approximate surface area is 98.6 Å². The first-order valence-corrected chi connectivity index (χ1v) is 5.37. The first-order chi connectivity index (χ1) is 7.61. The Bertz CT molecular complexity index is 439. The van der Waals surface area contributed by atoms with Crippen LogP contribution >= 0.6 is 11.6 Å². The molecule has 1 rings (SSSR count). The van der Waals surface area contributed by atoms with E-state index in [1.165, 1.54) is 18.2 Å². The number of hydrogen-bond donors (Lipinski definition) is 0. The summed E-state index contributed by atoms with van der Waals surface area (Å²) in [5, 5.41) is 8.64. The SMILES string of the molecule is CCCC(C#N)C(=O)c1cccc(F)c1Cl. The third kappa shape index (κ3) is 2.59. The molecule has 0 aliphatic heterocycles. The fraction of sp³-hybridized carbons (Fsp3) is 0.333. The molecule has 0 aliphatic rings. The van der Waals surface area contributed by atoms with Gasteiger partial charge in [0.05, 0.1) is 11.1 Å². The highest BCUT2D eigenvalue weighted by Crippen LogP contribution is 2.23. The molecular formula is C12H11ClFNO. The van der Waals surface area contributed by atoms with E-state index in [2.05, 4.69) is 0 Å². The fourth-order valence-electron chi connectivity index (χ4n) is 1.42. The first-order valence-electron chi connectivity index (χ1n) is 4.99. The lowest BCUT2D eigenvalue weighted by molar-refractivity contribution is 0.0943. The Morgan fingerprint density at radius 2 is 2.31 bits per heavy atom. The van der Waals surface area contributed by atoms with Gasteiger partial charge in [-0.25, -0.2) is 4.39 Å². The molecule has 0 saturated carbocycles. The van der Waals surface area contributed by atoms with Crippen LogP contribution in [0.3, 0.4) is 0 Å². The van der Waals surface area contributed by atoms with Crippen molar-refractivity contribution in [2.24, 2.45) is 5.92 Å². The van der Waals surface area contributed by atoms with Gasteiger partial charge in [-0.1, -0.05) is 31.0 Å². The van der Waals surface area contributed by atoms with Crippen LogP contribution in [0.2, 0.25) is 5.02 Å². The van der Waals surface area contributed by atoms with Crippen LogP contribution in [0.4, 0.5) is 4.39 Å². The molecule has 0 saturated heterocycles. The van der Waals surface area contributed by atoms with E-state index in [1.54, 1.807) is 0 Å². The maximum atomic E-state index is 13.1. The molecule has 0 aliphatic carbocycles. The summed E-state index contributed by atoms with van der Waals surface area (Å²) in [4.78, 5) is 11.9. The molecule has 2 nitrogen and oxygen atoms in total. The largest absolute Gasteiger partial charge is 0.293 e. The average molecular weight is 240 g/mol. The van der Waals surface area contributed by atoms with Crippen molar-refractivity contribution in [3.8, 4) is 6.07 Å². The smallest absolute Gasteiger partial charge is 0.181 e. The molecule has 0 amide bonds. The summed E-state index contributed by atoms with van der Waals surface area (Å²) in [6.07, 6.45) is 1.18. The van der Waals surface area contributed by atoms with E-state index in [0.29, 0.717) is 6.42 Å². The molecule has 1 atom stereocenters. The lowest BCUT2D eigenvalue weighted by Gasteiger charge is -2.08. The molecule has 0 radical (unpaired) electrons. The van der Waals surface area contributed by atoms with Gasteiger partial charge in [0.2, 0.25) is 0 Å². The molecule has 1 aromatic carbocycles. The van der Waals surface area contributed by atoms with Crippen molar-refractivity contribution < 1.29 is 9.18 Å². The summed E-state index contributed by atoms with van der Waals surface area (Å²) in [5.41, 5.74) is 0.0849. The lowest BCUT2D eigenvalue weighted by Crippen LogP contribution is -2.13. The molecule has 1 aromatic rings. The van der Waals surface area contributed by atoms with Gasteiger partial charge < -0.3 is 0 Å². The van der Waals surface area contributed by atoms with Crippen molar-refractivity contribution in [3.05, 3.63) is 34.6 Å². The number of hydrogen-bond acceptors (Lipinski definition) is 2. The van der Waals surface area contributed by atoms with Gasteiger partial charge in [-0.2, -0.15) is 5.26 Å². The van der Waals surface area contributed by atoms with Crippen LogP contribution in [0.1, 0.15) is 30.1 Å². The van der Waals surface area contributed by atoms with Gasteiger partial charge in [0.25, 0.3) is 0 Å². The number of Topliss-reactive ketones (excluding diaryl/α,β-unsaturated/α-hetero) is 1. The van der Waals surface area contributed by atoms with Crippen LogP contribution in [-0.4, -0.2) is 5.78 Å². The second kappa shape index (κ2) is 5.62. The number of ketones is 1. The zero-order valence-electron chi connectivity index (χ0n) is 8.84. The molecule has 4 heteroatoms. The van der Waals surface area contributed by atoms with E-state index in [9.17, 15) is 9.18 Å². The Morgan fingerprint density at radius 3 is 2.88 bits per heavy atom. The third-order valence-corrected chi connectivity index (χ3v) is 2.65.